The average molecular weight is 326 g/mol. The lowest BCUT2D eigenvalue weighted by Crippen LogP contribution is -2.11. The molecule has 1 heterocycles. The van der Waals surface area contributed by atoms with Gasteiger partial charge in [-0.2, -0.15) is 0 Å². The number of nitrogens with one attached hydrogen (secondary N) is 1. The molecule has 2 aromatic rings. The molecule has 0 bridgehead atoms. The lowest BCUT2D eigenvalue weighted by atomic mass is 10.3. The molecule has 5 heteroatoms. The number of para-hydroxylation sites is 1. The number of furan rings is 1. The third kappa shape index (κ3) is 3.17. The fourth-order valence-electron chi connectivity index (χ4n) is 1.47. The Labute approximate surface area is 118 Å². The van der Waals surface area contributed by atoms with Crippen molar-refractivity contribution in [1.82, 2.24) is 0 Å². The lowest BCUT2D eigenvalue weighted by molar-refractivity contribution is 0.0995. The Morgan fingerprint density at radius 2 is 2.11 bits per heavy atom. The van der Waals surface area contributed by atoms with Crippen LogP contribution < -0.4 is 5.32 Å². The summed E-state index contributed by atoms with van der Waals surface area (Å²) in [6.07, 6.45) is 0. The third-order valence-corrected chi connectivity index (χ3v) is 3.61. The Balaban J connectivity index is 2.16. The van der Waals surface area contributed by atoms with Crippen molar-refractivity contribution in [2.75, 3.05) is 11.1 Å². The molecule has 0 saturated heterocycles. The zero-order chi connectivity index (χ0) is 13.0. The van der Waals surface area contributed by atoms with Gasteiger partial charge >= 0.3 is 0 Å². The van der Waals surface area contributed by atoms with Crippen molar-refractivity contribution in [3.63, 3.8) is 0 Å². The molecule has 94 valence electrons. The largest absolute Gasteiger partial charge is 0.444 e. The van der Waals surface area contributed by atoms with Gasteiger partial charge in [-0.05, 0) is 45.9 Å². The Bertz CT molecular complexity index is 553. The molecule has 0 aliphatic rings. The standard InChI is InChI=1S/C13H12BrNO2S/c1-2-18-11-6-4-3-5-9(11)15-13(16)10-7-8-12(14)17-10/h3-8H,2H2,1H3,(H,15,16). The van der Waals surface area contributed by atoms with Crippen molar-refractivity contribution in [1.29, 1.82) is 0 Å². The summed E-state index contributed by atoms with van der Waals surface area (Å²) < 4.78 is 5.76. The second-order valence-electron chi connectivity index (χ2n) is 3.49. The first kappa shape index (κ1) is 13.2. The molecule has 2 rings (SSSR count). The van der Waals surface area contributed by atoms with Gasteiger partial charge in [-0.15, -0.1) is 11.8 Å². The van der Waals surface area contributed by atoms with E-state index in [1.807, 2.05) is 24.3 Å². The normalized spacial score (nSPS) is 10.3. The summed E-state index contributed by atoms with van der Waals surface area (Å²) in [5.41, 5.74) is 0.807. The van der Waals surface area contributed by atoms with Crippen molar-refractivity contribution in [3.8, 4) is 0 Å². The van der Waals surface area contributed by atoms with Crippen molar-refractivity contribution < 1.29 is 9.21 Å². The van der Waals surface area contributed by atoms with Crippen LogP contribution in [0.2, 0.25) is 0 Å². The highest BCUT2D eigenvalue weighted by Gasteiger charge is 2.12. The van der Waals surface area contributed by atoms with Gasteiger partial charge < -0.3 is 9.73 Å². The van der Waals surface area contributed by atoms with Crippen LogP contribution in [0.15, 0.2) is 50.4 Å². The van der Waals surface area contributed by atoms with Crippen LogP contribution >= 0.6 is 27.7 Å². The van der Waals surface area contributed by atoms with E-state index in [0.717, 1.165) is 16.3 Å². The molecule has 0 aliphatic carbocycles. The minimum atomic E-state index is -0.246. The van der Waals surface area contributed by atoms with Crippen molar-refractivity contribution in [2.24, 2.45) is 0 Å². The molecule has 0 aliphatic heterocycles. The van der Waals surface area contributed by atoms with E-state index in [2.05, 4.69) is 28.2 Å². The summed E-state index contributed by atoms with van der Waals surface area (Å²) in [6, 6.07) is 11.1. The minimum Gasteiger partial charge on any atom is -0.444 e. The van der Waals surface area contributed by atoms with Crippen molar-refractivity contribution >= 4 is 39.3 Å². The van der Waals surface area contributed by atoms with Crippen LogP contribution in [-0.2, 0) is 0 Å². The van der Waals surface area contributed by atoms with Crippen LogP contribution in [0.4, 0.5) is 5.69 Å². The Hall–Kier alpha value is -1.20. The molecule has 0 spiro atoms. The van der Waals surface area contributed by atoms with Crippen LogP contribution in [0.25, 0.3) is 0 Å². The third-order valence-electron chi connectivity index (χ3n) is 2.23. The molecule has 0 fully saturated rings. The number of benzene rings is 1. The molecule has 1 amide bonds. The Kier molecular flexibility index (Phi) is 4.49. The molecular weight excluding hydrogens is 314 g/mol. The fraction of sp³-hybridized carbons (Fsp3) is 0.154. The molecule has 1 aromatic carbocycles. The average Bonchev–Trinajstić information content (AvgIpc) is 2.79. The van der Waals surface area contributed by atoms with Crippen molar-refractivity contribution in [2.45, 2.75) is 11.8 Å². The fourth-order valence-corrected chi connectivity index (χ4v) is 2.54. The van der Waals surface area contributed by atoms with Gasteiger partial charge in [-0.25, -0.2) is 0 Å². The van der Waals surface area contributed by atoms with Gasteiger partial charge in [0.1, 0.15) is 0 Å². The summed E-state index contributed by atoms with van der Waals surface area (Å²) >= 11 is 4.86. The summed E-state index contributed by atoms with van der Waals surface area (Å²) in [5, 5.41) is 2.85. The second kappa shape index (κ2) is 6.11. The first-order valence-electron chi connectivity index (χ1n) is 5.49. The zero-order valence-corrected chi connectivity index (χ0v) is 12.2. The van der Waals surface area contributed by atoms with E-state index in [1.54, 1.807) is 23.9 Å². The highest BCUT2D eigenvalue weighted by atomic mass is 79.9. The summed E-state index contributed by atoms with van der Waals surface area (Å²) in [6.45, 7) is 2.08. The van der Waals surface area contributed by atoms with Crippen molar-refractivity contribution in [3.05, 3.63) is 46.8 Å². The van der Waals surface area contributed by atoms with Crippen LogP contribution in [0.5, 0.6) is 0 Å². The number of rotatable bonds is 4. The second-order valence-corrected chi connectivity index (χ2v) is 5.57. The quantitative estimate of drug-likeness (QED) is 0.847. The Morgan fingerprint density at radius 3 is 2.78 bits per heavy atom. The van der Waals surface area contributed by atoms with Gasteiger partial charge in [-0.1, -0.05) is 19.1 Å². The lowest BCUT2D eigenvalue weighted by Gasteiger charge is -2.08. The smallest absolute Gasteiger partial charge is 0.291 e. The van der Waals surface area contributed by atoms with Gasteiger partial charge in [0.15, 0.2) is 10.4 Å². The summed E-state index contributed by atoms with van der Waals surface area (Å²) in [7, 11) is 0. The van der Waals surface area contributed by atoms with E-state index in [-0.39, 0.29) is 11.7 Å². The molecule has 1 aromatic heterocycles. The number of carbonyl (C=O) groups excluding carboxylic acids is 1. The van der Waals surface area contributed by atoms with E-state index in [4.69, 9.17) is 4.42 Å². The Morgan fingerprint density at radius 1 is 1.33 bits per heavy atom. The zero-order valence-electron chi connectivity index (χ0n) is 9.77. The first-order chi connectivity index (χ1) is 8.70. The number of anilines is 1. The van der Waals surface area contributed by atoms with E-state index >= 15 is 0 Å². The molecule has 1 N–H and O–H groups in total. The SMILES string of the molecule is CCSc1ccccc1NC(=O)c1ccc(Br)o1. The minimum absolute atomic E-state index is 0.246. The number of carbonyl (C=O) groups is 1. The van der Waals surface area contributed by atoms with Gasteiger partial charge in [0.2, 0.25) is 0 Å². The van der Waals surface area contributed by atoms with Gasteiger partial charge in [0.25, 0.3) is 5.91 Å². The van der Waals surface area contributed by atoms with Crippen LogP contribution in [0.1, 0.15) is 17.5 Å². The predicted molar refractivity (Wildman–Crippen MR) is 77.2 cm³/mol. The van der Waals surface area contributed by atoms with Gasteiger partial charge in [0.05, 0.1) is 5.69 Å². The number of hydrogen-bond acceptors (Lipinski definition) is 3. The molecule has 0 atom stereocenters. The van der Waals surface area contributed by atoms with E-state index in [9.17, 15) is 4.79 Å². The molecule has 18 heavy (non-hydrogen) atoms. The molecule has 0 radical (unpaired) electrons. The first-order valence-corrected chi connectivity index (χ1v) is 7.27. The van der Waals surface area contributed by atoms with Gasteiger partial charge in [0, 0.05) is 4.90 Å². The number of thioether (sulfide) groups is 1. The highest BCUT2D eigenvalue weighted by molar-refractivity contribution is 9.10. The molecule has 0 unspecified atom stereocenters. The molecule has 3 nitrogen and oxygen atoms in total. The van der Waals surface area contributed by atoms with Gasteiger partial charge in [-0.3, -0.25) is 4.79 Å². The monoisotopic (exact) mass is 325 g/mol. The number of halogens is 1. The maximum absolute atomic E-state index is 11.9. The topological polar surface area (TPSA) is 42.2 Å². The maximum Gasteiger partial charge on any atom is 0.291 e. The summed E-state index contributed by atoms with van der Waals surface area (Å²) in [4.78, 5) is 13.0. The van der Waals surface area contributed by atoms with Crippen LogP contribution in [0.3, 0.4) is 0 Å². The molecular formula is C13H12BrNO2S. The number of amides is 1. The van der Waals surface area contributed by atoms with Crippen LogP contribution in [-0.4, -0.2) is 11.7 Å². The van der Waals surface area contributed by atoms with E-state index < -0.39 is 0 Å². The predicted octanol–water partition coefficient (Wildman–Crippen LogP) is 4.41. The highest BCUT2D eigenvalue weighted by Crippen LogP contribution is 2.27. The number of hydrogen-bond donors (Lipinski definition) is 1. The van der Waals surface area contributed by atoms with E-state index in [1.165, 1.54) is 0 Å². The maximum atomic E-state index is 11.9. The van der Waals surface area contributed by atoms with E-state index in [0.29, 0.717) is 4.67 Å². The summed E-state index contributed by atoms with van der Waals surface area (Å²) in [5.74, 6) is 1.00. The van der Waals surface area contributed by atoms with Crippen LogP contribution in [0, 0.1) is 0 Å². The molecule has 0 saturated carbocycles.